The first kappa shape index (κ1) is 16.7. The van der Waals surface area contributed by atoms with Gasteiger partial charge in [-0.05, 0) is 30.7 Å². The fraction of sp³-hybridized carbons (Fsp3) is 0.211. The minimum atomic E-state index is -0.0469. The molecule has 0 aliphatic carbocycles. The van der Waals surface area contributed by atoms with Gasteiger partial charge in [-0.15, -0.1) is 11.3 Å². The van der Waals surface area contributed by atoms with E-state index in [9.17, 15) is 4.79 Å². The molecule has 0 radical (unpaired) electrons. The summed E-state index contributed by atoms with van der Waals surface area (Å²) in [7, 11) is 0. The summed E-state index contributed by atoms with van der Waals surface area (Å²) < 4.78 is 5.26. The fourth-order valence-corrected chi connectivity index (χ4v) is 3.47. The number of anilines is 3. The Kier molecular flexibility index (Phi) is 4.90. The first-order valence-electron chi connectivity index (χ1n) is 8.39. The van der Waals surface area contributed by atoms with Crippen molar-refractivity contribution >= 4 is 33.8 Å². The van der Waals surface area contributed by atoms with Crippen LogP contribution in [0.2, 0.25) is 0 Å². The van der Waals surface area contributed by atoms with Crippen LogP contribution in [0.1, 0.15) is 6.42 Å². The second kappa shape index (κ2) is 7.63. The molecule has 1 fully saturated rings. The minimum absolute atomic E-state index is 0.0202. The Labute approximate surface area is 155 Å². The van der Waals surface area contributed by atoms with Crippen LogP contribution < -0.4 is 10.6 Å². The Morgan fingerprint density at radius 1 is 1.19 bits per heavy atom. The van der Waals surface area contributed by atoms with E-state index in [1.54, 1.807) is 12.4 Å². The summed E-state index contributed by atoms with van der Waals surface area (Å²) in [6.45, 7) is 1.17. The Balaban J connectivity index is 1.41. The highest BCUT2D eigenvalue weighted by Gasteiger charge is 2.23. The molecule has 2 N–H and O–H groups in total. The molecule has 0 unspecified atom stereocenters. The van der Waals surface area contributed by atoms with Gasteiger partial charge in [-0.25, -0.2) is 4.98 Å². The van der Waals surface area contributed by atoms with Crippen molar-refractivity contribution in [1.82, 2.24) is 9.97 Å². The normalized spacial score (nSPS) is 16.4. The SMILES string of the molecule is O=C(Nc1ccc(-c2csc(Nc3cccnc3)n2)cc1)[C@@H]1CCOC1. The first-order valence-corrected chi connectivity index (χ1v) is 9.27. The lowest BCUT2D eigenvalue weighted by atomic mass is 10.1. The molecule has 0 bridgehead atoms. The van der Waals surface area contributed by atoms with Crippen LogP contribution in [0.5, 0.6) is 0 Å². The number of pyridine rings is 1. The second-order valence-electron chi connectivity index (χ2n) is 6.03. The minimum Gasteiger partial charge on any atom is -0.381 e. The largest absolute Gasteiger partial charge is 0.381 e. The molecule has 4 rings (SSSR count). The van der Waals surface area contributed by atoms with Crippen LogP contribution in [-0.4, -0.2) is 29.1 Å². The van der Waals surface area contributed by atoms with Gasteiger partial charge >= 0.3 is 0 Å². The number of benzene rings is 1. The van der Waals surface area contributed by atoms with Crippen LogP contribution in [0.15, 0.2) is 54.2 Å². The van der Waals surface area contributed by atoms with E-state index in [1.165, 1.54) is 11.3 Å². The lowest BCUT2D eigenvalue weighted by Gasteiger charge is -2.09. The van der Waals surface area contributed by atoms with Crippen molar-refractivity contribution in [2.24, 2.45) is 5.92 Å². The number of ether oxygens (including phenoxy) is 1. The number of hydrogen-bond donors (Lipinski definition) is 2. The van der Waals surface area contributed by atoms with Gasteiger partial charge in [-0.3, -0.25) is 9.78 Å². The van der Waals surface area contributed by atoms with Crippen molar-refractivity contribution in [3.8, 4) is 11.3 Å². The third-order valence-corrected chi connectivity index (χ3v) is 4.92. The predicted molar refractivity (Wildman–Crippen MR) is 103 cm³/mol. The highest BCUT2D eigenvalue weighted by Crippen LogP contribution is 2.28. The summed E-state index contributed by atoms with van der Waals surface area (Å²) >= 11 is 1.54. The molecule has 3 heterocycles. The van der Waals surface area contributed by atoms with Gasteiger partial charge in [0.25, 0.3) is 0 Å². The Morgan fingerprint density at radius 3 is 2.81 bits per heavy atom. The zero-order valence-corrected chi connectivity index (χ0v) is 14.8. The zero-order chi connectivity index (χ0) is 17.8. The Morgan fingerprint density at radius 2 is 2.08 bits per heavy atom. The number of aromatic nitrogens is 2. The molecule has 7 heteroatoms. The van der Waals surface area contributed by atoms with Crippen LogP contribution in [-0.2, 0) is 9.53 Å². The van der Waals surface area contributed by atoms with Crippen molar-refractivity contribution < 1.29 is 9.53 Å². The van der Waals surface area contributed by atoms with E-state index in [-0.39, 0.29) is 11.8 Å². The van der Waals surface area contributed by atoms with Gasteiger partial charge in [0.2, 0.25) is 5.91 Å². The highest BCUT2D eigenvalue weighted by molar-refractivity contribution is 7.14. The molecule has 1 saturated heterocycles. The van der Waals surface area contributed by atoms with E-state index in [0.717, 1.165) is 34.2 Å². The molecule has 26 heavy (non-hydrogen) atoms. The number of hydrogen-bond acceptors (Lipinski definition) is 6. The van der Waals surface area contributed by atoms with Crippen molar-refractivity contribution in [3.05, 3.63) is 54.2 Å². The molecule has 6 nitrogen and oxygen atoms in total. The maximum atomic E-state index is 12.1. The molecule has 132 valence electrons. The van der Waals surface area contributed by atoms with Crippen LogP contribution in [0.25, 0.3) is 11.3 Å². The summed E-state index contributed by atoms with van der Waals surface area (Å²) in [6.07, 6.45) is 4.28. The fourth-order valence-electron chi connectivity index (χ4n) is 2.73. The number of amides is 1. The van der Waals surface area contributed by atoms with E-state index < -0.39 is 0 Å². The number of nitrogens with zero attached hydrogens (tertiary/aromatic N) is 2. The quantitative estimate of drug-likeness (QED) is 0.716. The molecule has 0 saturated carbocycles. The molecular weight excluding hydrogens is 348 g/mol. The van der Waals surface area contributed by atoms with Crippen LogP contribution in [0.3, 0.4) is 0 Å². The average Bonchev–Trinajstić information content (AvgIpc) is 3.35. The van der Waals surface area contributed by atoms with E-state index in [2.05, 4.69) is 20.6 Å². The molecular formula is C19H18N4O2S. The van der Waals surface area contributed by atoms with Crippen LogP contribution in [0.4, 0.5) is 16.5 Å². The monoisotopic (exact) mass is 366 g/mol. The number of carbonyl (C=O) groups excluding carboxylic acids is 1. The van der Waals surface area contributed by atoms with Gasteiger partial charge in [0.1, 0.15) is 0 Å². The number of thiazole rings is 1. The highest BCUT2D eigenvalue weighted by atomic mass is 32.1. The zero-order valence-electron chi connectivity index (χ0n) is 14.0. The van der Waals surface area contributed by atoms with Gasteiger partial charge in [0.05, 0.1) is 30.1 Å². The van der Waals surface area contributed by atoms with E-state index in [0.29, 0.717) is 13.2 Å². The Bertz CT molecular complexity index is 874. The van der Waals surface area contributed by atoms with E-state index in [4.69, 9.17) is 4.74 Å². The number of nitrogens with one attached hydrogen (secondary N) is 2. The summed E-state index contributed by atoms with van der Waals surface area (Å²) in [6, 6.07) is 11.5. The van der Waals surface area contributed by atoms with Crippen LogP contribution >= 0.6 is 11.3 Å². The van der Waals surface area contributed by atoms with Crippen molar-refractivity contribution in [2.45, 2.75) is 6.42 Å². The standard InChI is InChI=1S/C19H18N4O2S/c24-18(14-7-9-25-11-14)21-15-5-3-13(4-6-15)17-12-26-19(23-17)22-16-2-1-8-20-10-16/h1-6,8,10,12,14H,7,9,11H2,(H,21,24)(H,22,23)/t14-/m1/s1. The summed E-state index contributed by atoms with van der Waals surface area (Å²) in [5, 5.41) is 9.00. The van der Waals surface area contributed by atoms with Crippen molar-refractivity contribution in [1.29, 1.82) is 0 Å². The van der Waals surface area contributed by atoms with Gasteiger partial charge in [0, 0.05) is 29.4 Å². The van der Waals surface area contributed by atoms with E-state index >= 15 is 0 Å². The first-order chi connectivity index (χ1) is 12.8. The summed E-state index contributed by atoms with van der Waals surface area (Å²) in [4.78, 5) is 20.8. The van der Waals surface area contributed by atoms with Gasteiger partial charge in [-0.2, -0.15) is 0 Å². The molecule has 1 aliphatic heterocycles. The third kappa shape index (κ3) is 3.89. The molecule has 1 amide bonds. The second-order valence-corrected chi connectivity index (χ2v) is 6.89. The van der Waals surface area contributed by atoms with Gasteiger partial charge in [0.15, 0.2) is 5.13 Å². The molecule has 1 aromatic carbocycles. The van der Waals surface area contributed by atoms with Gasteiger partial charge < -0.3 is 15.4 Å². The number of rotatable bonds is 5. The molecule has 1 aliphatic rings. The maximum absolute atomic E-state index is 12.1. The predicted octanol–water partition coefficient (Wildman–Crippen LogP) is 3.92. The van der Waals surface area contributed by atoms with Crippen LogP contribution in [0, 0.1) is 5.92 Å². The van der Waals surface area contributed by atoms with Crippen molar-refractivity contribution in [2.75, 3.05) is 23.8 Å². The molecule has 3 aromatic rings. The van der Waals surface area contributed by atoms with Gasteiger partial charge in [-0.1, -0.05) is 12.1 Å². The molecule has 1 atom stereocenters. The van der Waals surface area contributed by atoms with E-state index in [1.807, 2.05) is 41.8 Å². The maximum Gasteiger partial charge on any atom is 0.229 e. The number of carbonyl (C=O) groups is 1. The summed E-state index contributed by atoms with van der Waals surface area (Å²) in [5.74, 6) is -0.0267. The smallest absolute Gasteiger partial charge is 0.229 e. The van der Waals surface area contributed by atoms with Crippen molar-refractivity contribution in [3.63, 3.8) is 0 Å². The lowest BCUT2D eigenvalue weighted by molar-refractivity contribution is -0.119. The summed E-state index contributed by atoms with van der Waals surface area (Å²) in [5.41, 5.74) is 3.59. The average molecular weight is 366 g/mol. The topological polar surface area (TPSA) is 76.1 Å². The third-order valence-electron chi connectivity index (χ3n) is 4.17. The Hall–Kier alpha value is -2.77. The molecule has 2 aromatic heterocycles. The lowest BCUT2D eigenvalue weighted by Crippen LogP contribution is -2.22. The molecule has 0 spiro atoms.